The maximum absolute atomic E-state index is 14.3. The van der Waals surface area contributed by atoms with Crippen LogP contribution in [-0.2, 0) is 24.1 Å². The predicted octanol–water partition coefficient (Wildman–Crippen LogP) is 4.20. The van der Waals surface area contributed by atoms with E-state index in [9.17, 15) is 22.4 Å². The number of nitrogens with zero attached hydrogens (tertiary/aromatic N) is 4. The molecular weight excluding hydrogens is 390 g/mol. The average Bonchev–Trinajstić information content (AvgIpc) is 3.04. The van der Waals surface area contributed by atoms with Gasteiger partial charge in [0.15, 0.2) is 5.82 Å². The van der Waals surface area contributed by atoms with E-state index >= 15 is 0 Å². The van der Waals surface area contributed by atoms with E-state index in [0.717, 1.165) is 10.1 Å². The summed E-state index contributed by atoms with van der Waals surface area (Å²) in [6, 6.07) is 0. The Kier molecular flexibility index (Phi) is 7.10. The number of nitrogens with one attached hydrogen (secondary N) is 1. The summed E-state index contributed by atoms with van der Waals surface area (Å²) < 4.78 is 53.9. The van der Waals surface area contributed by atoms with Gasteiger partial charge in [-0.1, -0.05) is 17.7 Å². The molecule has 10 heteroatoms. The van der Waals surface area contributed by atoms with Gasteiger partial charge in [0.05, 0.1) is 13.0 Å². The molecule has 1 aromatic rings. The van der Waals surface area contributed by atoms with Gasteiger partial charge in [-0.05, 0) is 32.4 Å². The molecule has 0 radical (unpaired) electrons. The molecule has 1 aromatic heterocycles. The molecule has 2 rings (SSSR count). The fraction of sp³-hybridized carbons (Fsp3) is 0.474. The number of rotatable bonds is 6. The Labute approximate surface area is 166 Å². The molecule has 0 atom stereocenters. The summed E-state index contributed by atoms with van der Waals surface area (Å²) in [4.78, 5) is 13.8. The molecule has 0 aliphatic carbocycles. The summed E-state index contributed by atoms with van der Waals surface area (Å²) in [5.74, 6) is -1.91. The third kappa shape index (κ3) is 5.85. The van der Waals surface area contributed by atoms with Crippen LogP contribution >= 0.6 is 0 Å². The molecule has 2 heterocycles. The van der Waals surface area contributed by atoms with Gasteiger partial charge in [0, 0.05) is 25.2 Å². The van der Waals surface area contributed by atoms with Crippen LogP contribution in [0.2, 0.25) is 0 Å². The second-order valence-corrected chi connectivity index (χ2v) is 6.96. The number of hydrogen-bond acceptors (Lipinski definition) is 4. The number of carbonyl (C=O) groups excluding carboxylic acids is 1. The molecule has 29 heavy (non-hydrogen) atoms. The van der Waals surface area contributed by atoms with E-state index in [1.54, 1.807) is 32.9 Å². The fourth-order valence-corrected chi connectivity index (χ4v) is 2.94. The zero-order valence-corrected chi connectivity index (χ0v) is 16.5. The second-order valence-electron chi connectivity index (χ2n) is 6.96. The third-order valence-electron chi connectivity index (χ3n) is 4.22. The summed E-state index contributed by atoms with van der Waals surface area (Å²) in [6.07, 6.45) is -0.323. The predicted molar refractivity (Wildman–Crippen MR) is 99.8 cm³/mol. The Hall–Kier alpha value is -2.78. The number of fused-ring (bicyclic) bond motifs is 1. The normalized spacial score (nSPS) is 15.2. The van der Waals surface area contributed by atoms with Crippen LogP contribution in [0.5, 0.6) is 0 Å². The van der Waals surface area contributed by atoms with Crippen LogP contribution in [0, 0.1) is 5.41 Å². The number of halogens is 4. The summed E-state index contributed by atoms with van der Waals surface area (Å²) in [7, 11) is 0. The maximum Gasteiger partial charge on any atom is 0.451 e. The first kappa shape index (κ1) is 22.5. The van der Waals surface area contributed by atoms with E-state index in [1.165, 1.54) is 11.0 Å². The number of alkyl halides is 3. The monoisotopic (exact) mass is 413 g/mol. The zero-order valence-electron chi connectivity index (χ0n) is 16.5. The van der Waals surface area contributed by atoms with E-state index in [4.69, 9.17) is 5.41 Å². The van der Waals surface area contributed by atoms with Crippen LogP contribution in [0.3, 0.4) is 0 Å². The second kappa shape index (κ2) is 9.15. The van der Waals surface area contributed by atoms with Gasteiger partial charge in [0.2, 0.25) is 11.7 Å². The molecule has 1 aliphatic rings. The van der Waals surface area contributed by atoms with Crippen molar-refractivity contribution in [1.82, 2.24) is 19.7 Å². The van der Waals surface area contributed by atoms with Crippen molar-refractivity contribution in [2.75, 3.05) is 6.54 Å². The molecule has 0 saturated heterocycles. The van der Waals surface area contributed by atoms with Gasteiger partial charge in [-0.15, -0.1) is 10.2 Å². The quantitative estimate of drug-likeness (QED) is 0.431. The average molecular weight is 413 g/mol. The Balaban J connectivity index is 2.04. The van der Waals surface area contributed by atoms with E-state index in [1.807, 2.05) is 0 Å². The summed E-state index contributed by atoms with van der Waals surface area (Å²) in [5, 5.41) is 14.8. The molecule has 1 amide bonds. The lowest BCUT2D eigenvalue weighted by Crippen LogP contribution is -2.40. The Morgan fingerprint density at radius 3 is 2.48 bits per heavy atom. The Bertz CT molecular complexity index is 876. The highest BCUT2D eigenvalue weighted by molar-refractivity contribution is 6.00. The molecule has 0 fully saturated rings. The highest BCUT2D eigenvalue weighted by Gasteiger charge is 2.39. The topological polar surface area (TPSA) is 74.9 Å². The molecule has 0 unspecified atom stereocenters. The molecule has 0 bridgehead atoms. The minimum Gasteiger partial charge on any atom is -0.333 e. The van der Waals surface area contributed by atoms with Crippen molar-refractivity contribution in [3.63, 3.8) is 0 Å². The lowest BCUT2D eigenvalue weighted by Gasteiger charge is -2.28. The van der Waals surface area contributed by atoms with Crippen molar-refractivity contribution < 1.29 is 22.4 Å². The van der Waals surface area contributed by atoms with Crippen molar-refractivity contribution >= 4 is 11.6 Å². The van der Waals surface area contributed by atoms with E-state index in [-0.39, 0.29) is 44.0 Å². The minimum absolute atomic E-state index is 0.0171. The molecule has 1 aliphatic heterocycles. The number of allylic oxidation sites excluding steroid dienone is 6. The summed E-state index contributed by atoms with van der Waals surface area (Å²) in [6.45, 7) is 5.10. The van der Waals surface area contributed by atoms with Gasteiger partial charge in [-0.2, -0.15) is 13.2 Å². The van der Waals surface area contributed by atoms with Crippen LogP contribution < -0.4 is 0 Å². The van der Waals surface area contributed by atoms with Gasteiger partial charge in [-0.25, -0.2) is 4.39 Å². The maximum atomic E-state index is 14.3. The first-order valence-corrected chi connectivity index (χ1v) is 9.02. The van der Waals surface area contributed by atoms with Gasteiger partial charge in [0.25, 0.3) is 0 Å². The number of amides is 1. The van der Waals surface area contributed by atoms with Crippen LogP contribution in [0.25, 0.3) is 0 Å². The molecule has 0 aromatic carbocycles. The molecule has 0 spiro atoms. The Morgan fingerprint density at radius 1 is 1.21 bits per heavy atom. The first-order chi connectivity index (χ1) is 13.5. The van der Waals surface area contributed by atoms with E-state index in [0.29, 0.717) is 5.57 Å². The highest BCUT2D eigenvalue weighted by Crippen LogP contribution is 2.29. The lowest BCUT2D eigenvalue weighted by molar-refractivity contribution is -0.148. The lowest BCUT2D eigenvalue weighted by atomic mass is 10.0. The van der Waals surface area contributed by atoms with E-state index < -0.39 is 23.7 Å². The van der Waals surface area contributed by atoms with Crippen LogP contribution in [-0.4, -0.2) is 37.8 Å². The van der Waals surface area contributed by atoms with Crippen LogP contribution in [0.15, 0.2) is 35.2 Å². The van der Waals surface area contributed by atoms with Crippen molar-refractivity contribution in [1.29, 1.82) is 5.41 Å². The molecule has 158 valence electrons. The number of aromatic nitrogens is 3. The SMILES string of the molecule is C/C=C/C(CC(=N)CC(=O)N1CCn2c(nnc2C(F)(F)F)C1)=C(/F)C=C(C)C. The number of hydrogen-bond donors (Lipinski definition) is 1. The van der Waals surface area contributed by atoms with Crippen molar-refractivity contribution in [2.24, 2.45) is 0 Å². The van der Waals surface area contributed by atoms with Crippen LogP contribution in [0.4, 0.5) is 17.6 Å². The Morgan fingerprint density at radius 2 is 1.90 bits per heavy atom. The fourth-order valence-electron chi connectivity index (χ4n) is 2.94. The molecule has 1 N–H and O–H groups in total. The largest absolute Gasteiger partial charge is 0.451 e. The molecule has 0 saturated carbocycles. The van der Waals surface area contributed by atoms with Gasteiger partial charge >= 0.3 is 6.18 Å². The third-order valence-corrected chi connectivity index (χ3v) is 4.22. The first-order valence-electron chi connectivity index (χ1n) is 9.02. The summed E-state index contributed by atoms with van der Waals surface area (Å²) in [5.41, 5.74) is 1.07. The molecule has 6 nitrogen and oxygen atoms in total. The molecular formula is C19H23F4N5O. The van der Waals surface area contributed by atoms with Crippen LogP contribution in [0.1, 0.15) is 45.3 Å². The number of carbonyl (C=O) groups is 1. The standard InChI is InChI=1S/C19H23F4N5O/c1-4-5-13(15(20)8-12(2)3)9-14(24)10-17(29)27-6-7-28-16(11-27)25-26-18(28)19(21,22)23/h4-5,8,24H,6-7,9-11H2,1-3H3/b5-4+,15-13-,24-14?. The zero-order chi connectivity index (χ0) is 21.8. The smallest absolute Gasteiger partial charge is 0.333 e. The van der Waals surface area contributed by atoms with Crippen molar-refractivity contribution in [3.8, 4) is 0 Å². The highest BCUT2D eigenvalue weighted by atomic mass is 19.4. The van der Waals surface area contributed by atoms with Gasteiger partial charge in [0.1, 0.15) is 5.83 Å². The summed E-state index contributed by atoms with van der Waals surface area (Å²) >= 11 is 0. The van der Waals surface area contributed by atoms with Gasteiger partial charge < -0.3 is 14.9 Å². The van der Waals surface area contributed by atoms with Gasteiger partial charge in [-0.3, -0.25) is 4.79 Å². The van der Waals surface area contributed by atoms with Crippen molar-refractivity contribution in [2.45, 2.75) is 52.9 Å². The van der Waals surface area contributed by atoms with Crippen molar-refractivity contribution in [3.05, 3.63) is 46.8 Å². The van der Waals surface area contributed by atoms with E-state index in [2.05, 4.69) is 10.2 Å². The minimum atomic E-state index is -4.61.